The molecular formula is C16H26N6O. The molecule has 0 unspecified atom stereocenters. The zero-order chi connectivity index (χ0) is 16.5. The fraction of sp³-hybridized carbons (Fsp3) is 0.500. The van der Waals surface area contributed by atoms with E-state index in [9.17, 15) is 0 Å². The standard InChI is InChI=1S/C16H26N6O/c1-3-8-18-12-13-6-4-7-14(11-13)23-10-5-9-19-16-20-15(17)21-22(16)2/h4,6-7,11,18H,3,5,8-10,12H2,1-2H3,(H3,17,19,20,21). The molecule has 0 bridgehead atoms. The van der Waals surface area contributed by atoms with Crippen LogP contribution in [0.25, 0.3) is 0 Å². The van der Waals surface area contributed by atoms with Gasteiger partial charge in [-0.3, -0.25) is 0 Å². The molecule has 0 spiro atoms. The van der Waals surface area contributed by atoms with Gasteiger partial charge in [-0.25, -0.2) is 4.68 Å². The molecule has 23 heavy (non-hydrogen) atoms. The Balaban J connectivity index is 1.67. The van der Waals surface area contributed by atoms with Crippen LogP contribution in [0.15, 0.2) is 24.3 Å². The van der Waals surface area contributed by atoms with Crippen molar-refractivity contribution < 1.29 is 4.74 Å². The van der Waals surface area contributed by atoms with Crippen molar-refractivity contribution in [2.45, 2.75) is 26.3 Å². The lowest BCUT2D eigenvalue weighted by atomic mass is 10.2. The maximum atomic E-state index is 5.79. The topological polar surface area (TPSA) is 90.0 Å². The lowest BCUT2D eigenvalue weighted by molar-refractivity contribution is 0.314. The van der Waals surface area contributed by atoms with Crippen LogP contribution in [0.1, 0.15) is 25.3 Å². The number of anilines is 2. The van der Waals surface area contributed by atoms with E-state index in [0.29, 0.717) is 12.6 Å². The number of nitrogens with one attached hydrogen (secondary N) is 2. The van der Waals surface area contributed by atoms with E-state index < -0.39 is 0 Å². The van der Waals surface area contributed by atoms with Gasteiger partial charge in [-0.05, 0) is 37.1 Å². The number of aryl methyl sites for hydroxylation is 1. The van der Waals surface area contributed by atoms with E-state index >= 15 is 0 Å². The summed E-state index contributed by atoms with van der Waals surface area (Å²) >= 11 is 0. The number of hydrogen-bond donors (Lipinski definition) is 3. The van der Waals surface area contributed by atoms with Crippen molar-refractivity contribution in [3.05, 3.63) is 29.8 Å². The van der Waals surface area contributed by atoms with Gasteiger partial charge in [0.15, 0.2) is 0 Å². The average molecular weight is 318 g/mol. The summed E-state index contributed by atoms with van der Waals surface area (Å²) in [5.41, 5.74) is 6.77. The summed E-state index contributed by atoms with van der Waals surface area (Å²) in [6, 6.07) is 8.20. The van der Waals surface area contributed by atoms with Crippen molar-refractivity contribution in [1.29, 1.82) is 0 Å². The lowest BCUT2D eigenvalue weighted by Crippen LogP contribution is -2.14. The molecular weight excluding hydrogens is 292 g/mol. The molecule has 0 fully saturated rings. The maximum absolute atomic E-state index is 5.79. The highest BCUT2D eigenvalue weighted by atomic mass is 16.5. The van der Waals surface area contributed by atoms with Gasteiger partial charge in [0.05, 0.1) is 6.61 Å². The number of hydrogen-bond acceptors (Lipinski definition) is 6. The maximum Gasteiger partial charge on any atom is 0.241 e. The summed E-state index contributed by atoms with van der Waals surface area (Å²) in [5.74, 6) is 1.86. The van der Waals surface area contributed by atoms with Crippen molar-refractivity contribution in [3.8, 4) is 5.75 Å². The summed E-state index contributed by atoms with van der Waals surface area (Å²) < 4.78 is 7.42. The summed E-state index contributed by atoms with van der Waals surface area (Å²) in [7, 11) is 1.81. The molecule has 0 amide bonds. The van der Waals surface area contributed by atoms with Gasteiger partial charge in [0.2, 0.25) is 11.9 Å². The minimum Gasteiger partial charge on any atom is -0.494 e. The molecule has 7 nitrogen and oxygen atoms in total. The summed E-state index contributed by atoms with van der Waals surface area (Å²) in [4.78, 5) is 4.08. The minimum absolute atomic E-state index is 0.278. The molecule has 0 radical (unpaired) electrons. The van der Waals surface area contributed by atoms with Crippen LogP contribution in [0, 0.1) is 0 Å². The van der Waals surface area contributed by atoms with Crippen LogP contribution in [0.5, 0.6) is 5.75 Å². The van der Waals surface area contributed by atoms with Gasteiger partial charge in [0.25, 0.3) is 0 Å². The molecule has 1 aromatic carbocycles. The van der Waals surface area contributed by atoms with E-state index in [0.717, 1.165) is 38.2 Å². The number of benzene rings is 1. The van der Waals surface area contributed by atoms with Crippen molar-refractivity contribution in [2.24, 2.45) is 7.05 Å². The second-order valence-electron chi connectivity index (χ2n) is 5.37. The molecule has 2 rings (SSSR count). The zero-order valence-corrected chi connectivity index (χ0v) is 13.9. The first kappa shape index (κ1) is 17.1. The normalized spacial score (nSPS) is 10.7. The Hall–Kier alpha value is -2.28. The van der Waals surface area contributed by atoms with Gasteiger partial charge < -0.3 is 21.1 Å². The van der Waals surface area contributed by atoms with E-state index in [1.807, 2.05) is 12.1 Å². The third-order valence-electron chi connectivity index (χ3n) is 3.31. The summed E-state index contributed by atoms with van der Waals surface area (Å²) in [5, 5.41) is 10.6. The third-order valence-corrected chi connectivity index (χ3v) is 3.31. The largest absolute Gasteiger partial charge is 0.494 e. The first-order chi connectivity index (χ1) is 11.2. The Kier molecular flexibility index (Phi) is 6.68. The van der Waals surface area contributed by atoms with E-state index in [1.54, 1.807) is 11.7 Å². The van der Waals surface area contributed by atoms with E-state index in [4.69, 9.17) is 10.5 Å². The number of aromatic nitrogens is 3. The molecule has 0 saturated heterocycles. The molecule has 7 heteroatoms. The predicted molar refractivity (Wildman–Crippen MR) is 92.5 cm³/mol. The highest BCUT2D eigenvalue weighted by Gasteiger charge is 2.03. The Bertz CT molecular complexity index is 598. The van der Waals surface area contributed by atoms with Crippen LogP contribution in [0.2, 0.25) is 0 Å². The molecule has 0 aliphatic carbocycles. The van der Waals surface area contributed by atoms with Crippen LogP contribution in [0.3, 0.4) is 0 Å². The van der Waals surface area contributed by atoms with Crippen molar-refractivity contribution >= 4 is 11.9 Å². The summed E-state index contributed by atoms with van der Waals surface area (Å²) in [6.45, 7) is 5.47. The van der Waals surface area contributed by atoms with Crippen LogP contribution in [0.4, 0.5) is 11.9 Å². The number of nitrogen functional groups attached to an aromatic ring is 1. The predicted octanol–water partition coefficient (Wildman–Crippen LogP) is 1.78. The first-order valence-electron chi connectivity index (χ1n) is 8.02. The SMILES string of the molecule is CCCNCc1cccc(OCCCNc2nc(N)nn2C)c1. The second kappa shape index (κ2) is 8.99. The zero-order valence-electron chi connectivity index (χ0n) is 13.9. The van der Waals surface area contributed by atoms with Crippen molar-refractivity contribution in [2.75, 3.05) is 30.7 Å². The van der Waals surface area contributed by atoms with Crippen molar-refractivity contribution in [3.63, 3.8) is 0 Å². The van der Waals surface area contributed by atoms with E-state index in [-0.39, 0.29) is 5.95 Å². The number of nitrogens with zero attached hydrogens (tertiary/aromatic N) is 3. The molecule has 0 aliphatic heterocycles. The van der Waals surface area contributed by atoms with Crippen LogP contribution in [-0.4, -0.2) is 34.5 Å². The molecule has 4 N–H and O–H groups in total. The van der Waals surface area contributed by atoms with Gasteiger partial charge in [-0.15, -0.1) is 5.10 Å². The quantitative estimate of drug-likeness (QED) is 0.579. The van der Waals surface area contributed by atoms with Crippen molar-refractivity contribution in [1.82, 2.24) is 20.1 Å². The smallest absolute Gasteiger partial charge is 0.241 e. The number of nitrogens with two attached hydrogens (primary N) is 1. The summed E-state index contributed by atoms with van der Waals surface area (Å²) in [6.07, 6.45) is 2.01. The highest BCUT2D eigenvalue weighted by molar-refractivity contribution is 5.31. The van der Waals surface area contributed by atoms with Gasteiger partial charge >= 0.3 is 0 Å². The molecule has 2 aromatic rings. The second-order valence-corrected chi connectivity index (χ2v) is 5.37. The Morgan fingerprint density at radius 2 is 2.17 bits per heavy atom. The fourth-order valence-corrected chi connectivity index (χ4v) is 2.18. The Labute approximate surface area is 137 Å². The molecule has 0 saturated carbocycles. The molecule has 0 atom stereocenters. The monoisotopic (exact) mass is 318 g/mol. The molecule has 1 heterocycles. The highest BCUT2D eigenvalue weighted by Crippen LogP contribution is 2.13. The van der Waals surface area contributed by atoms with Gasteiger partial charge in [-0.2, -0.15) is 4.98 Å². The Morgan fingerprint density at radius 1 is 1.30 bits per heavy atom. The van der Waals surface area contributed by atoms with E-state index in [1.165, 1.54) is 5.56 Å². The average Bonchev–Trinajstić information content (AvgIpc) is 2.85. The fourth-order valence-electron chi connectivity index (χ4n) is 2.18. The van der Waals surface area contributed by atoms with Crippen LogP contribution >= 0.6 is 0 Å². The Morgan fingerprint density at radius 3 is 2.91 bits per heavy atom. The number of ether oxygens (including phenoxy) is 1. The first-order valence-corrected chi connectivity index (χ1v) is 8.02. The minimum atomic E-state index is 0.278. The third kappa shape index (κ3) is 5.78. The molecule has 1 aromatic heterocycles. The van der Waals surface area contributed by atoms with E-state index in [2.05, 4.69) is 39.8 Å². The number of rotatable bonds is 10. The molecule has 126 valence electrons. The van der Waals surface area contributed by atoms with Crippen LogP contribution < -0.4 is 21.1 Å². The molecule has 0 aliphatic rings. The van der Waals surface area contributed by atoms with Gasteiger partial charge in [0, 0.05) is 20.1 Å². The van der Waals surface area contributed by atoms with Gasteiger partial charge in [-0.1, -0.05) is 19.1 Å². The lowest BCUT2D eigenvalue weighted by Gasteiger charge is -2.09. The van der Waals surface area contributed by atoms with Gasteiger partial charge in [0.1, 0.15) is 5.75 Å². The van der Waals surface area contributed by atoms with Crippen LogP contribution in [-0.2, 0) is 13.6 Å².